The number of nitrogens with zero attached hydrogens (tertiary/aromatic N) is 6. The molecular formula is C27H27ClN6O3. The molecule has 1 fully saturated rings. The fourth-order valence-electron chi connectivity index (χ4n) is 4.57. The highest BCUT2D eigenvalue weighted by atomic mass is 35.5. The van der Waals surface area contributed by atoms with Crippen LogP contribution in [-0.2, 0) is 0 Å². The fourth-order valence-corrected chi connectivity index (χ4v) is 4.70. The summed E-state index contributed by atoms with van der Waals surface area (Å²) in [5.41, 5.74) is 1.66. The van der Waals surface area contributed by atoms with Crippen molar-refractivity contribution in [1.29, 1.82) is 0 Å². The summed E-state index contributed by atoms with van der Waals surface area (Å²) in [6.45, 7) is 5.02. The molecule has 9 nitrogen and oxygen atoms in total. The topological polar surface area (TPSA) is 96.5 Å². The number of carbonyl (C=O) groups is 1. The van der Waals surface area contributed by atoms with Gasteiger partial charge in [-0.2, -0.15) is 5.10 Å². The van der Waals surface area contributed by atoms with Gasteiger partial charge < -0.3 is 14.9 Å². The van der Waals surface area contributed by atoms with Crippen molar-refractivity contribution < 1.29 is 9.90 Å². The maximum atomic E-state index is 13.2. The standard InChI is InChI=1S/C27H27ClN6O3/c1-2-24(26(36)19-6-8-20(28)9-7-19)34-27(37)33(18-30-34)22-10-11-25(29-17-22)32-14-12-31(13-15-32)21-4-3-5-23(35)16-21/h3-11,16-18,24,35H,2,12-15H2,1H3. The minimum absolute atomic E-state index is 0.190. The number of carbonyl (C=O) groups excluding carboxylic acids is 1. The highest BCUT2D eigenvalue weighted by molar-refractivity contribution is 6.30. The van der Waals surface area contributed by atoms with Gasteiger partial charge in [0.05, 0.1) is 11.9 Å². The van der Waals surface area contributed by atoms with E-state index in [0.717, 1.165) is 37.7 Å². The molecule has 1 unspecified atom stereocenters. The maximum Gasteiger partial charge on any atom is 0.351 e. The van der Waals surface area contributed by atoms with E-state index >= 15 is 0 Å². The molecule has 0 aliphatic carbocycles. The molecule has 190 valence electrons. The first kappa shape index (κ1) is 24.6. The Morgan fingerprint density at radius 1 is 1.00 bits per heavy atom. The average Bonchev–Trinajstić information content (AvgIpc) is 3.30. The van der Waals surface area contributed by atoms with Gasteiger partial charge in [0.1, 0.15) is 23.9 Å². The molecule has 10 heteroatoms. The van der Waals surface area contributed by atoms with Crippen LogP contribution < -0.4 is 15.5 Å². The highest BCUT2D eigenvalue weighted by Crippen LogP contribution is 2.23. The zero-order valence-electron chi connectivity index (χ0n) is 20.4. The average molecular weight is 519 g/mol. The molecule has 0 saturated carbocycles. The van der Waals surface area contributed by atoms with Gasteiger partial charge in [-0.15, -0.1) is 0 Å². The molecule has 0 spiro atoms. The zero-order chi connectivity index (χ0) is 25.9. The van der Waals surface area contributed by atoms with Crippen LogP contribution in [0.1, 0.15) is 29.7 Å². The molecule has 3 heterocycles. The molecule has 1 aliphatic heterocycles. The number of phenolic OH excluding ortho intramolecular Hbond substituents is 1. The first-order chi connectivity index (χ1) is 17.9. The van der Waals surface area contributed by atoms with Crippen LogP contribution in [0.15, 0.2) is 78.0 Å². The molecule has 5 rings (SSSR count). The van der Waals surface area contributed by atoms with Gasteiger partial charge in [-0.05, 0) is 55.0 Å². The molecule has 0 bridgehead atoms. The number of halogens is 1. The van der Waals surface area contributed by atoms with Crippen molar-refractivity contribution in [2.45, 2.75) is 19.4 Å². The second kappa shape index (κ2) is 10.5. The predicted molar refractivity (Wildman–Crippen MR) is 143 cm³/mol. The van der Waals surface area contributed by atoms with E-state index < -0.39 is 11.7 Å². The van der Waals surface area contributed by atoms with Gasteiger partial charge in [-0.3, -0.25) is 4.79 Å². The normalized spacial score (nSPS) is 14.5. The van der Waals surface area contributed by atoms with E-state index in [1.165, 1.54) is 15.6 Å². The van der Waals surface area contributed by atoms with Gasteiger partial charge in [0, 0.05) is 48.5 Å². The molecule has 1 atom stereocenters. The number of ketones is 1. The van der Waals surface area contributed by atoms with Crippen LogP contribution in [0.5, 0.6) is 5.75 Å². The molecule has 2 aromatic heterocycles. The summed E-state index contributed by atoms with van der Waals surface area (Å²) >= 11 is 5.94. The molecule has 0 radical (unpaired) electrons. The predicted octanol–water partition coefficient (Wildman–Crippen LogP) is 3.95. The number of benzene rings is 2. The van der Waals surface area contributed by atoms with E-state index in [1.54, 1.807) is 42.6 Å². The van der Waals surface area contributed by atoms with Crippen molar-refractivity contribution in [3.05, 3.63) is 94.3 Å². The van der Waals surface area contributed by atoms with E-state index in [-0.39, 0.29) is 11.5 Å². The lowest BCUT2D eigenvalue weighted by atomic mass is 10.0. The zero-order valence-corrected chi connectivity index (χ0v) is 21.1. The number of hydrogen-bond donors (Lipinski definition) is 1. The summed E-state index contributed by atoms with van der Waals surface area (Å²) in [5.74, 6) is 0.893. The lowest BCUT2D eigenvalue weighted by Crippen LogP contribution is -2.46. The van der Waals surface area contributed by atoms with Crippen LogP contribution in [-0.4, -0.2) is 56.4 Å². The van der Waals surface area contributed by atoms with Crippen molar-refractivity contribution in [1.82, 2.24) is 19.3 Å². The molecule has 1 N–H and O–H groups in total. The van der Waals surface area contributed by atoms with Crippen LogP contribution in [0, 0.1) is 0 Å². The van der Waals surface area contributed by atoms with Gasteiger partial charge in [-0.1, -0.05) is 24.6 Å². The number of rotatable bonds is 7. The molecule has 4 aromatic rings. The van der Waals surface area contributed by atoms with Crippen molar-refractivity contribution in [3.8, 4) is 11.4 Å². The summed E-state index contributed by atoms with van der Waals surface area (Å²) in [4.78, 5) is 35.2. The molecule has 1 aliphatic rings. The van der Waals surface area contributed by atoms with E-state index in [2.05, 4.69) is 19.9 Å². The lowest BCUT2D eigenvalue weighted by Gasteiger charge is -2.36. The lowest BCUT2D eigenvalue weighted by molar-refractivity contribution is 0.0911. The largest absolute Gasteiger partial charge is 0.508 e. The third-order valence-electron chi connectivity index (χ3n) is 6.62. The number of hydrogen-bond acceptors (Lipinski definition) is 7. The van der Waals surface area contributed by atoms with Crippen molar-refractivity contribution in [3.63, 3.8) is 0 Å². The minimum atomic E-state index is -0.718. The number of phenols is 1. The van der Waals surface area contributed by atoms with Crippen molar-refractivity contribution in [2.75, 3.05) is 36.0 Å². The minimum Gasteiger partial charge on any atom is -0.508 e. The van der Waals surface area contributed by atoms with E-state index in [0.29, 0.717) is 22.7 Å². The number of piperazine rings is 1. The Morgan fingerprint density at radius 3 is 2.38 bits per heavy atom. The van der Waals surface area contributed by atoms with Crippen molar-refractivity contribution >= 4 is 28.9 Å². The number of aromatic hydroxyl groups is 1. The van der Waals surface area contributed by atoms with Gasteiger partial charge in [0.2, 0.25) is 0 Å². The summed E-state index contributed by atoms with van der Waals surface area (Å²) in [6.07, 6.45) is 3.49. The number of aromatic nitrogens is 4. The molecule has 0 amide bonds. The monoisotopic (exact) mass is 518 g/mol. The Morgan fingerprint density at radius 2 is 1.73 bits per heavy atom. The molecule has 1 saturated heterocycles. The summed E-state index contributed by atoms with van der Waals surface area (Å²) in [5, 5.41) is 14.5. The van der Waals surface area contributed by atoms with Crippen molar-refractivity contribution in [2.24, 2.45) is 0 Å². The first-order valence-electron chi connectivity index (χ1n) is 12.2. The third kappa shape index (κ3) is 5.08. The van der Waals surface area contributed by atoms with E-state index in [1.807, 2.05) is 31.2 Å². The van der Waals surface area contributed by atoms with Crippen LogP contribution in [0.25, 0.3) is 5.69 Å². The first-order valence-corrected chi connectivity index (χ1v) is 12.5. The maximum absolute atomic E-state index is 13.2. The van der Waals surface area contributed by atoms with Gasteiger partial charge in [0.25, 0.3) is 0 Å². The smallest absolute Gasteiger partial charge is 0.351 e. The number of anilines is 2. The highest BCUT2D eigenvalue weighted by Gasteiger charge is 2.24. The van der Waals surface area contributed by atoms with Crippen LogP contribution in [0.4, 0.5) is 11.5 Å². The molecule has 37 heavy (non-hydrogen) atoms. The summed E-state index contributed by atoms with van der Waals surface area (Å²) in [6, 6.07) is 16.9. The van der Waals surface area contributed by atoms with Gasteiger partial charge in [-0.25, -0.2) is 19.0 Å². The Labute approximate surface area is 219 Å². The Balaban J connectivity index is 1.29. The van der Waals surface area contributed by atoms with E-state index in [4.69, 9.17) is 11.6 Å². The van der Waals surface area contributed by atoms with Crippen LogP contribution >= 0.6 is 11.6 Å². The van der Waals surface area contributed by atoms with Crippen LogP contribution in [0.3, 0.4) is 0 Å². The molecule has 2 aromatic carbocycles. The second-order valence-electron chi connectivity index (χ2n) is 8.89. The quantitative estimate of drug-likeness (QED) is 0.370. The summed E-state index contributed by atoms with van der Waals surface area (Å²) in [7, 11) is 0. The second-order valence-corrected chi connectivity index (χ2v) is 9.33. The Kier molecular flexibility index (Phi) is 6.96. The Bertz CT molecular complexity index is 1440. The number of Topliss-reactive ketones (excluding diaryl/α,β-unsaturated/α-hetero) is 1. The fraction of sp³-hybridized carbons (Fsp3) is 0.259. The Hall–Kier alpha value is -4.11. The van der Waals surface area contributed by atoms with Gasteiger partial charge >= 0.3 is 5.69 Å². The van der Waals surface area contributed by atoms with Crippen LogP contribution in [0.2, 0.25) is 5.02 Å². The van der Waals surface area contributed by atoms with Gasteiger partial charge in [0.15, 0.2) is 5.78 Å². The number of pyridine rings is 1. The summed E-state index contributed by atoms with van der Waals surface area (Å²) < 4.78 is 2.62. The SMILES string of the molecule is CCC(C(=O)c1ccc(Cl)cc1)n1ncn(-c2ccc(N3CCN(c4cccc(O)c4)CC3)nc2)c1=O. The third-order valence-corrected chi connectivity index (χ3v) is 6.87. The molecular weight excluding hydrogens is 492 g/mol. The van der Waals surface area contributed by atoms with E-state index in [9.17, 15) is 14.7 Å².